The summed E-state index contributed by atoms with van der Waals surface area (Å²) in [6.07, 6.45) is 6.75. The lowest BCUT2D eigenvalue weighted by Gasteiger charge is -2.41. The van der Waals surface area contributed by atoms with Gasteiger partial charge in [-0.3, -0.25) is 10.00 Å². The second kappa shape index (κ2) is 9.31. The third kappa shape index (κ3) is 4.66. The van der Waals surface area contributed by atoms with Crippen LogP contribution in [0.15, 0.2) is 6.20 Å². The van der Waals surface area contributed by atoms with Gasteiger partial charge in [0.25, 0.3) is 0 Å². The first-order valence-corrected chi connectivity index (χ1v) is 10.3. The summed E-state index contributed by atoms with van der Waals surface area (Å²) in [5.41, 5.74) is 2.94. The van der Waals surface area contributed by atoms with E-state index < -0.39 is 0 Å². The largest absolute Gasteiger partial charge is 0.381 e. The fraction of sp³-hybridized carbons (Fsp3) is 0.850. The lowest BCUT2D eigenvalue weighted by atomic mass is 9.70. The Labute approximate surface area is 158 Å². The van der Waals surface area contributed by atoms with Crippen LogP contribution in [-0.4, -0.2) is 67.7 Å². The topological polar surface area (TPSA) is 62.4 Å². The molecule has 6 nitrogen and oxygen atoms in total. The molecular formula is C20H36N4O2. The van der Waals surface area contributed by atoms with Gasteiger partial charge in [-0.1, -0.05) is 0 Å². The molecule has 0 spiro atoms. The van der Waals surface area contributed by atoms with E-state index in [2.05, 4.69) is 34.3 Å². The highest BCUT2D eigenvalue weighted by atomic mass is 16.5. The van der Waals surface area contributed by atoms with Crippen LogP contribution in [0.1, 0.15) is 56.7 Å². The fourth-order valence-corrected chi connectivity index (χ4v) is 4.41. The van der Waals surface area contributed by atoms with Crippen LogP contribution >= 0.6 is 0 Å². The van der Waals surface area contributed by atoms with E-state index in [9.17, 15) is 0 Å². The van der Waals surface area contributed by atoms with Crippen LogP contribution in [0, 0.1) is 5.41 Å². The monoisotopic (exact) mass is 364 g/mol. The van der Waals surface area contributed by atoms with E-state index in [0.29, 0.717) is 12.0 Å². The molecule has 0 amide bonds. The molecule has 1 saturated carbocycles. The molecule has 2 N–H and O–H groups in total. The first-order chi connectivity index (χ1) is 12.7. The molecule has 1 aromatic heterocycles. The van der Waals surface area contributed by atoms with E-state index in [1.54, 1.807) is 0 Å². The van der Waals surface area contributed by atoms with Crippen LogP contribution in [0.4, 0.5) is 0 Å². The van der Waals surface area contributed by atoms with E-state index in [4.69, 9.17) is 9.47 Å². The summed E-state index contributed by atoms with van der Waals surface area (Å²) in [6, 6.07) is 0.651. The van der Waals surface area contributed by atoms with Crippen molar-refractivity contribution in [2.75, 3.05) is 46.6 Å². The van der Waals surface area contributed by atoms with E-state index >= 15 is 0 Å². The molecule has 2 aliphatic rings. The number of likely N-dealkylation sites (tertiary alicyclic amines) is 1. The Kier molecular flexibility index (Phi) is 7.09. The Balaban J connectivity index is 1.56. The van der Waals surface area contributed by atoms with Gasteiger partial charge >= 0.3 is 0 Å². The maximum Gasteiger partial charge on any atom is 0.0544 e. The number of aromatic nitrogens is 2. The minimum absolute atomic E-state index is 0.195. The Morgan fingerprint density at radius 3 is 2.42 bits per heavy atom. The number of nitrogens with one attached hydrogen (secondary N) is 2. The molecule has 0 unspecified atom stereocenters. The van der Waals surface area contributed by atoms with Gasteiger partial charge in [-0.15, -0.1) is 0 Å². The quantitative estimate of drug-likeness (QED) is 0.668. The molecule has 0 radical (unpaired) electrons. The minimum Gasteiger partial charge on any atom is -0.381 e. The second-order valence-corrected chi connectivity index (χ2v) is 8.04. The van der Waals surface area contributed by atoms with E-state index in [-0.39, 0.29) is 5.41 Å². The summed E-state index contributed by atoms with van der Waals surface area (Å²) in [6.45, 7) is 10.7. The summed E-state index contributed by atoms with van der Waals surface area (Å²) in [7, 11) is 2.05. The summed E-state index contributed by atoms with van der Waals surface area (Å²) in [5.74, 6) is 0.588. The summed E-state index contributed by atoms with van der Waals surface area (Å²) >= 11 is 0. The predicted octanol–water partition coefficient (Wildman–Crippen LogP) is 2.53. The molecule has 2 heterocycles. The van der Waals surface area contributed by atoms with Crippen LogP contribution in [0.2, 0.25) is 0 Å². The van der Waals surface area contributed by atoms with Crippen LogP contribution in [0.5, 0.6) is 0 Å². The lowest BCUT2D eigenvalue weighted by molar-refractivity contribution is -0.0397. The van der Waals surface area contributed by atoms with Gasteiger partial charge in [0, 0.05) is 61.5 Å². The number of hydrogen-bond acceptors (Lipinski definition) is 5. The number of aromatic amines is 1. The van der Waals surface area contributed by atoms with Gasteiger partial charge in [-0.05, 0) is 46.6 Å². The number of ether oxygens (including phenoxy) is 2. The van der Waals surface area contributed by atoms with E-state index in [1.165, 1.54) is 36.9 Å². The average molecular weight is 365 g/mol. The number of likely N-dealkylation sites (N-methyl/N-ethyl adjacent to an activating group) is 1. The molecule has 0 aromatic carbocycles. The Morgan fingerprint density at radius 2 is 1.85 bits per heavy atom. The first-order valence-electron chi connectivity index (χ1n) is 10.3. The van der Waals surface area contributed by atoms with Gasteiger partial charge in [-0.2, -0.15) is 5.10 Å². The third-order valence-electron chi connectivity index (χ3n) is 6.19. The highest BCUT2D eigenvalue weighted by Crippen LogP contribution is 2.44. The van der Waals surface area contributed by atoms with Gasteiger partial charge in [0.1, 0.15) is 0 Å². The van der Waals surface area contributed by atoms with Gasteiger partial charge in [0.15, 0.2) is 0 Å². The Hall–Kier alpha value is -0.950. The van der Waals surface area contributed by atoms with Crippen molar-refractivity contribution in [1.82, 2.24) is 20.4 Å². The smallest absolute Gasteiger partial charge is 0.0544 e. The molecular weight excluding hydrogens is 328 g/mol. The highest BCUT2D eigenvalue weighted by Gasteiger charge is 2.37. The molecule has 2 fully saturated rings. The second-order valence-electron chi connectivity index (χ2n) is 8.04. The highest BCUT2D eigenvalue weighted by molar-refractivity contribution is 5.22. The molecule has 1 aliphatic carbocycles. The molecule has 1 aliphatic heterocycles. The van der Waals surface area contributed by atoms with Gasteiger partial charge in [0.05, 0.1) is 19.4 Å². The maximum atomic E-state index is 5.81. The molecule has 6 heteroatoms. The molecule has 3 rings (SSSR count). The minimum atomic E-state index is 0.195. The maximum absolute atomic E-state index is 5.81. The van der Waals surface area contributed by atoms with E-state index in [1.807, 2.05) is 13.2 Å². The molecule has 148 valence electrons. The van der Waals surface area contributed by atoms with Crippen molar-refractivity contribution in [3.63, 3.8) is 0 Å². The van der Waals surface area contributed by atoms with Crippen LogP contribution in [-0.2, 0) is 16.0 Å². The number of nitrogens with zero attached hydrogens (tertiary/aromatic N) is 2. The number of rotatable bonds is 10. The van der Waals surface area contributed by atoms with E-state index in [0.717, 1.165) is 46.1 Å². The normalized spacial score (nSPS) is 21.8. The zero-order valence-electron chi connectivity index (χ0n) is 16.7. The summed E-state index contributed by atoms with van der Waals surface area (Å²) < 4.78 is 11.6. The Bertz CT molecular complexity index is 524. The average Bonchev–Trinajstić information content (AvgIpc) is 3.10. The lowest BCUT2D eigenvalue weighted by Crippen LogP contribution is -2.56. The van der Waals surface area contributed by atoms with Crippen molar-refractivity contribution < 1.29 is 9.47 Å². The standard InChI is InChI=1S/C20H36N4O2/c1-4-25-14-20(15-26-5-2)8-6-16(7-9-20)19-17(10-22-23-19)11-24-12-18(13-24)21-3/h10,16,18,21H,4-9,11-15H2,1-3H3,(H,22,23). The molecule has 0 atom stereocenters. The van der Waals surface area contributed by atoms with Crippen molar-refractivity contribution in [3.05, 3.63) is 17.5 Å². The van der Waals surface area contributed by atoms with Crippen molar-refractivity contribution >= 4 is 0 Å². The van der Waals surface area contributed by atoms with Gasteiger partial charge in [0.2, 0.25) is 0 Å². The fourth-order valence-electron chi connectivity index (χ4n) is 4.41. The van der Waals surface area contributed by atoms with Crippen molar-refractivity contribution in [1.29, 1.82) is 0 Å². The Morgan fingerprint density at radius 1 is 1.19 bits per heavy atom. The zero-order chi connectivity index (χ0) is 18.4. The number of hydrogen-bond donors (Lipinski definition) is 2. The van der Waals surface area contributed by atoms with Crippen molar-refractivity contribution in [2.24, 2.45) is 5.41 Å². The predicted molar refractivity (Wildman–Crippen MR) is 103 cm³/mol. The van der Waals surface area contributed by atoms with Gasteiger partial charge in [-0.25, -0.2) is 0 Å². The summed E-state index contributed by atoms with van der Waals surface area (Å²) in [4.78, 5) is 2.49. The van der Waals surface area contributed by atoms with Crippen LogP contribution < -0.4 is 5.32 Å². The number of H-pyrrole nitrogens is 1. The summed E-state index contributed by atoms with van der Waals surface area (Å²) in [5, 5.41) is 11.0. The van der Waals surface area contributed by atoms with Gasteiger partial charge < -0.3 is 14.8 Å². The van der Waals surface area contributed by atoms with Crippen molar-refractivity contribution in [3.8, 4) is 0 Å². The first kappa shape index (κ1) is 19.8. The molecule has 0 bridgehead atoms. The molecule has 1 aromatic rings. The van der Waals surface area contributed by atoms with Crippen molar-refractivity contribution in [2.45, 2.75) is 58.0 Å². The molecule has 26 heavy (non-hydrogen) atoms. The zero-order valence-corrected chi connectivity index (χ0v) is 16.7. The molecule has 1 saturated heterocycles. The SMILES string of the molecule is CCOCC1(COCC)CCC(c2[nH]ncc2CN2CC(NC)C2)CC1. The van der Waals surface area contributed by atoms with Crippen LogP contribution in [0.3, 0.4) is 0 Å². The third-order valence-corrected chi connectivity index (χ3v) is 6.19. The van der Waals surface area contributed by atoms with Crippen LogP contribution in [0.25, 0.3) is 0 Å².